The third-order valence-corrected chi connectivity index (χ3v) is 5.34. The molecule has 0 saturated heterocycles. The summed E-state index contributed by atoms with van der Waals surface area (Å²) in [6.07, 6.45) is 1.52. The first-order valence-corrected chi connectivity index (χ1v) is 14.0. The van der Waals surface area contributed by atoms with Gasteiger partial charge in [-0.25, -0.2) is 10.5 Å². The second kappa shape index (κ2) is 21.4. The van der Waals surface area contributed by atoms with Crippen LogP contribution in [0.3, 0.4) is 0 Å². The number of carbonyl (C=O) groups excluding carboxylic acids is 2. The van der Waals surface area contributed by atoms with Gasteiger partial charge in [0, 0.05) is 43.7 Å². The first kappa shape index (κ1) is 38.7. The molecule has 13 heteroatoms. The van der Waals surface area contributed by atoms with Gasteiger partial charge in [0.2, 0.25) is 17.7 Å². The van der Waals surface area contributed by atoms with E-state index in [1.807, 2.05) is 55.4 Å². The Hall–Kier alpha value is -3.48. The molecule has 5 N–H and O–H groups in total. The zero-order valence-corrected chi connectivity index (χ0v) is 26.9. The topological polar surface area (TPSA) is 167 Å². The van der Waals surface area contributed by atoms with E-state index in [0.717, 1.165) is 17.4 Å². The summed E-state index contributed by atoms with van der Waals surface area (Å²) in [4.78, 5) is 33.5. The highest BCUT2D eigenvalue weighted by Gasteiger charge is 2.12. The number of hydrogen-bond donors (Lipinski definition) is 5. The van der Waals surface area contributed by atoms with Crippen LogP contribution in [0.15, 0.2) is 29.2 Å². The maximum Gasteiger partial charge on any atom is 0.240 e. The van der Waals surface area contributed by atoms with E-state index in [0.29, 0.717) is 29.4 Å². The van der Waals surface area contributed by atoms with E-state index in [1.54, 1.807) is 19.5 Å². The fourth-order valence-electron chi connectivity index (χ4n) is 2.25. The lowest BCUT2D eigenvalue weighted by molar-refractivity contribution is -0.124. The van der Waals surface area contributed by atoms with Gasteiger partial charge in [-0.1, -0.05) is 69.2 Å². The maximum absolute atomic E-state index is 10.4. The summed E-state index contributed by atoms with van der Waals surface area (Å²) in [6, 6.07) is 0. The molecule has 0 radical (unpaired) electrons. The number of amides is 2. The Morgan fingerprint density at radius 2 is 1.45 bits per heavy atom. The van der Waals surface area contributed by atoms with E-state index < -0.39 is 0 Å². The number of amidine groups is 1. The lowest BCUT2D eigenvalue weighted by Gasteiger charge is -2.00. The first-order valence-electron chi connectivity index (χ1n) is 13.2. The van der Waals surface area contributed by atoms with E-state index in [4.69, 9.17) is 9.94 Å². The Kier molecular flexibility index (Phi) is 20.6. The Labute approximate surface area is 243 Å². The molecular weight excluding hydrogens is 532 g/mol. The molecule has 2 aromatic rings. The van der Waals surface area contributed by atoms with Crippen molar-refractivity contribution in [2.45, 2.75) is 81.1 Å². The predicted molar refractivity (Wildman–Crippen MR) is 162 cm³/mol. The highest BCUT2D eigenvalue weighted by Crippen LogP contribution is 2.24. The number of aromatic hydroxyl groups is 1. The van der Waals surface area contributed by atoms with Crippen molar-refractivity contribution in [1.82, 2.24) is 35.7 Å². The molecular formula is C27H50N8O4S. The third kappa shape index (κ3) is 17.9. The minimum Gasteiger partial charge on any atom is -0.505 e. The van der Waals surface area contributed by atoms with Gasteiger partial charge < -0.3 is 20.6 Å². The minimum absolute atomic E-state index is 0.0972. The summed E-state index contributed by atoms with van der Waals surface area (Å²) >= 11 is 1.29. The van der Waals surface area contributed by atoms with Gasteiger partial charge in [-0.3, -0.25) is 14.7 Å². The summed E-state index contributed by atoms with van der Waals surface area (Å²) in [6.45, 7) is 23.2. The largest absolute Gasteiger partial charge is 0.505 e. The van der Waals surface area contributed by atoms with Gasteiger partial charge >= 0.3 is 0 Å². The van der Waals surface area contributed by atoms with E-state index in [-0.39, 0.29) is 23.7 Å². The number of aromatic nitrogens is 4. The summed E-state index contributed by atoms with van der Waals surface area (Å²) in [5, 5.41) is 22.3. The number of hydroxylamine groups is 1. The molecule has 3 heterocycles. The van der Waals surface area contributed by atoms with Crippen molar-refractivity contribution in [3.8, 4) is 5.75 Å². The quantitative estimate of drug-likeness (QED) is 0.337. The normalized spacial score (nSPS) is 11.5. The van der Waals surface area contributed by atoms with Crippen LogP contribution < -0.4 is 16.1 Å². The Morgan fingerprint density at radius 3 is 1.60 bits per heavy atom. The van der Waals surface area contributed by atoms with Gasteiger partial charge in [-0.15, -0.1) is 0 Å². The average Bonchev–Trinajstić information content (AvgIpc) is 3.66. The summed E-state index contributed by atoms with van der Waals surface area (Å²) in [7, 11) is 3.28. The van der Waals surface area contributed by atoms with Gasteiger partial charge in [-0.2, -0.15) is 14.5 Å². The Bertz CT molecular complexity index is 980. The van der Waals surface area contributed by atoms with Crippen molar-refractivity contribution in [2.75, 3.05) is 14.1 Å². The standard InChI is InChI=1S/C6H10N2O.C6H9NOS.C5H9N3.2C5H11NO/c1-4(2)6-7-5(3)9-8-6;1-4(2)6-5(8)3-9-7-6;1-4(2)5-6-3-7-8-5;2*1-4(2)5(7)6-3/h4H,3H2,1-2H3,(H,7,8);3-4,8H,1-2H3;3-4H,1-2H3,(H,6,7,8);2*4H,1-3H3,(H,6,7). The number of rotatable bonds is 5. The van der Waals surface area contributed by atoms with Crippen molar-refractivity contribution in [3.63, 3.8) is 0 Å². The first-order chi connectivity index (χ1) is 18.6. The van der Waals surface area contributed by atoms with Gasteiger partial charge in [0.15, 0.2) is 0 Å². The molecule has 2 amide bonds. The molecule has 0 spiro atoms. The monoisotopic (exact) mass is 582 g/mol. The SMILES string of the molecule is C=C1N=C(C(C)C)NO1.CC(C)c1ncn[nH]1.CC(C)c1nscc1O.CNC(=O)C(C)C.CNC(=O)C(C)C. The number of aliphatic imine (C=N–C) groups is 1. The van der Waals surface area contributed by atoms with Gasteiger partial charge in [-0.05, 0) is 18.1 Å². The fourth-order valence-corrected chi connectivity index (χ4v) is 2.94. The van der Waals surface area contributed by atoms with Crippen molar-refractivity contribution in [1.29, 1.82) is 0 Å². The van der Waals surface area contributed by atoms with Crippen LogP contribution in [-0.4, -0.2) is 56.4 Å². The van der Waals surface area contributed by atoms with E-state index in [2.05, 4.69) is 61.1 Å². The minimum atomic E-state index is 0.0972. The molecule has 0 unspecified atom stereocenters. The van der Waals surface area contributed by atoms with Gasteiger partial charge in [0.25, 0.3) is 0 Å². The van der Waals surface area contributed by atoms with Crippen molar-refractivity contribution < 1.29 is 19.5 Å². The van der Waals surface area contributed by atoms with E-state index in [1.165, 1.54) is 17.9 Å². The number of aromatic amines is 1. The average molecular weight is 583 g/mol. The smallest absolute Gasteiger partial charge is 0.240 e. The molecule has 3 rings (SSSR count). The lowest BCUT2D eigenvalue weighted by atomic mass is 10.1. The van der Waals surface area contributed by atoms with Crippen LogP contribution in [0, 0.1) is 17.8 Å². The molecule has 0 aromatic carbocycles. The molecule has 40 heavy (non-hydrogen) atoms. The molecule has 1 aliphatic rings. The van der Waals surface area contributed by atoms with Gasteiger partial charge in [0.1, 0.15) is 23.7 Å². The summed E-state index contributed by atoms with van der Waals surface area (Å²) in [5.74, 6) is 4.16. The number of nitrogens with zero attached hydrogens (tertiary/aromatic N) is 4. The molecule has 0 fully saturated rings. The number of carbonyl (C=O) groups is 2. The molecule has 0 atom stereocenters. The highest BCUT2D eigenvalue weighted by molar-refractivity contribution is 7.03. The molecule has 228 valence electrons. The number of hydrogen-bond acceptors (Lipinski definition) is 10. The van der Waals surface area contributed by atoms with Crippen LogP contribution in [-0.2, 0) is 14.4 Å². The van der Waals surface area contributed by atoms with Crippen LogP contribution in [0.5, 0.6) is 5.75 Å². The van der Waals surface area contributed by atoms with Crippen LogP contribution in [0.4, 0.5) is 0 Å². The Morgan fingerprint density at radius 1 is 0.925 bits per heavy atom. The molecule has 0 saturated carbocycles. The lowest BCUT2D eigenvalue weighted by Crippen LogP contribution is -2.22. The number of H-pyrrole nitrogens is 1. The zero-order valence-electron chi connectivity index (χ0n) is 26.1. The van der Waals surface area contributed by atoms with Crippen molar-refractivity contribution in [2.24, 2.45) is 22.7 Å². The highest BCUT2D eigenvalue weighted by atomic mass is 32.1. The second-order valence-electron chi connectivity index (χ2n) is 10.1. The van der Waals surface area contributed by atoms with Crippen molar-refractivity contribution >= 4 is 29.2 Å². The number of nitrogens with one attached hydrogen (secondary N) is 4. The van der Waals surface area contributed by atoms with Crippen molar-refractivity contribution in [3.05, 3.63) is 35.7 Å². The predicted octanol–water partition coefficient (Wildman–Crippen LogP) is 4.72. The molecule has 12 nitrogen and oxygen atoms in total. The molecule has 1 aliphatic heterocycles. The zero-order chi connectivity index (χ0) is 31.4. The molecule has 2 aromatic heterocycles. The third-order valence-electron chi connectivity index (χ3n) is 4.71. The van der Waals surface area contributed by atoms with E-state index in [9.17, 15) is 9.59 Å². The van der Waals surface area contributed by atoms with Crippen LogP contribution in [0.1, 0.15) is 92.6 Å². The summed E-state index contributed by atoms with van der Waals surface area (Å²) in [5.41, 5.74) is 3.46. The van der Waals surface area contributed by atoms with Crippen LogP contribution in [0.2, 0.25) is 0 Å². The molecule has 0 aliphatic carbocycles. The summed E-state index contributed by atoms with van der Waals surface area (Å²) < 4.78 is 4.01. The molecule has 0 bridgehead atoms. The van der Waals surface area contributed by atoms with Gasteiger partial charge in [0.05, 0.1) is 11.1 Å². The maximum atomic E-state index is 10.4. The fraction of sp³-hybridized carbons (Fsp3) is 0.630. The van der Waals surface area contributed by atoms with Crippen LogP contribution in [0.25, 0.3) is 0 Å². The van der Waals surface area contributed by atoms with Crippen LogP contribution >= 0.6 is 11.5 Å². The van der Waals surface area contributed by atoms with E-state index >= 15 is 0 Å². The second-order valence-corrected chi connectivity index (χ2v) is 10.7. The Balaban J connectivity index is 0.